The van der Waals surface area contributed by atoms with E-state index in [9.17, 15) is 4.79 Å². The molecular formula is C16H26ClN3O. The first-order valence-corrected chi connectivity index (χ1v) is 7.48. The number of halogens is 1. The molecule has 1 aromatic carbocycles. The fraction of sp³-hybridized carbons (Fsp3) is 0.562. The number of carbonyl (C=O) groups is 1. The van der Waals surface area contributed by atoms with Crippen molar-refractivity contribution in [1.29, 1.82) is 0 Å². The lowest BCUT2D eigenvalue weighted by molar-refractivity contribution is -0.116. The Balaban J connectivity index is 2.61. The highest BCUT2D eigenvalue weighted by atomic mass is 35.5. The minimum atomic E-state index is -0.137. The molecular weight excluding hydrogens is 286 g/mol. The normalized spacial score (nSPS) is 12.9. The van der Waals surface area contributed by atoms with Crippen molar-refractivity contribution in [2.75, 3.05) is 24.3 Å². The lowest BCUT2D eigenvalue weighted by atomic mass is 9.87. The summed E-state index contributed by atoms with van der Waals surface area (Å²) >= 11 is 6.18. The van der Waals surface area contributed by atoms with Gasteiger partial charge in [-0.1, -0.05) is 32.4 Å². The molecule has 1 atom stereocenters. The van der Waals surface area contributed by atoms with Gasteiger partial charge < -0.3 is 16.0 Å². The highest BCUT2D eigenvalue weighted by Crippen LogP contribution is 2.27. The van der Waals surface area contributed by atoms with E-state index in [0.717, 1.165) is 12.1 Å². The van der Waals surface area contributed by atoms with Crippen molar-refractivity contribution in [3.8, 4) is 0 Å². The molecule has 0 saturated carbocycles. The van der Waals surface area contributed by atoms with Crippen LogP contribution in [0.15, 0.2) is 18.2 Å². The monoisotopic (exact) mass is 311 g/mol. The van der Waals surface area contributed by atoms with Crippen molar-refractivity contribution in [2.45, 2.75) is 39.7 Å². The predicted octanol–water partition coefficient (Wildman–Crippen LogP) is 3.50. The van der Waals surface area contributed by atoms with Crippen LogP contribution in [0.3, 0.4) is 0 Å². The number of rotatable bonds is 5. The van der Waals surface area contributed by atoms with E-state index in [-0.39, 0.29) is 17.4 Å². The van der Waals surface area contributed by atoms with E-state index in [1.54, 1.807) is 6.07 Å². The lowest BCUT2D eigenvalue weighted by Crippen LogP contribution is -2.31. The Morgan fingerprint density at radius 2 is 2.00 bits per heavy atom. The first kappa shape index (κ1) is 17.8. The molecule has 0 saturated heterocycles. The number of nitrogens with two attached hydrogens (primary N) is 1. The minimum absolute atomic E-state index is 0.0829. The summed E-state index contributed by atoms with van der Waals surface area (Å²) < 4.78 is 0. The van der Waals surface area contributed by atoms with Gasteiger partial charge in [-0.15, -0.1) is 0 Å². The largest absolute Gasteiger partial charge is 0.376 e. The van der Waals surface area contributed by atoms with Gasteiger partial charge in [0.05, 0.1) is 10.7 Å². The molecule has 0 aromatic heterocycles. The van der Waals surface area contributed by atoms with E-state index in [1.165, 1.54) is 0 Å². The number of nitrogens with one attached hydrogen (secondary N) is 1. The maximum Gasteiger partial charge on any atom is 0.225 e. The van der Waals surface area contributed by atoms with Crippen LogP contribution < -0.4 is 16.0 Å². The van der Waals surface area contributed by atoms with Gasteiger partial charge >= 0.3 is 0 Å². The van der Waals surface area contributed by atoms with Crippen LogP contribution in [0.25, 0.3) is 0 Å². The number of hydrogen-bond donors (Lipinski definition) is 2. The Hall–Kier alpha value is -1.26. The third-order valence-corrected chi connectivity index (χ3v) is 3.34. The number of carbonyl (C=O) groups excluding carboxylic acids is 1. The quantitative estimate of drug-likeness (QED) is 0.875. The number of benzene rings is 1. The van der Waals surface area contributed by atoms with Gasteiger partial charge in [0.25, 0.3) is 0 Å². The summed E-state index contributed by atoms with van der Waals surface area (Å²) in [6.07, 6.45) is 1.12. The van der Waals surface area contributed by atoms with Crippen molar-refractivity contribution in [3.63, 3.8) is 0 Å². The summed E-state index contributed by atoms with van der Waals surface area (Å²) in [7, 11) is 3.84. The van der Waals surface area contributed by atoms with Crippen molar-refractivity contribution in [1.82, 2.24) is 0 Å². The zero-order chi connectivity index (χ0) is 16.2. The van der Waals surface area contributed by atoms with E-state index >= 15 is 0 Å². The third kappa shape index (κ3) is 6.36. The lowest BCUT2D eigenvalue weighted by Gasteiger charge is -2.22. The van der Waals surface area contributed by atoms with Crippen LogP contribution in [0, 0.1) is 5.41 Å². The van der Waals surface area contributed by atoms with E-state index in [0.29, 0.717) is 17.1 Å². The molecule has 0 radical (unpaired) electrons. The molecule has 1 amide bonds. The van der Waals surface area contributed by atoms with Crippen molar-refractivity contribution in [3.05, 3.63) is 23.2 Å². The molecule has 21 heavy (non-hydrogen) atoms. The molecule has 118 valence electrons. The van der Waals surface area contributed by atoms with Gasteiger partial charge in [0, 0.05) is 32.2 Å². The molecule has 0 aliphatic rings. The average Bonchev–Trinajstić information content (AvgIpc) is 2.24. The summed E-state index contributed by atoms with van der Waals surface area (Å²) in [5.41, 5.74) is 7.74. The van der Waals surface area contributed by atoms with Gasteiger partial charge in [-0.25, -0.2) is 0 Å². The molecule has 3 N–H and O–H groups in total. The van der Waals surface area contributed by atoms with Crippen molar-refractivity contribution >= 4 is 28.9 Å². The average molecular weight is 312 g/mol. The van der Waals surface area contributed by atoms with Crippen molar-refractivity contribution in [2.24, 2.45) is 11.1 Å². The van der Waals surface area contributed by atoms with E-state index < -0.39 is 0 Å². The van der Waals surface area contributed by atoms with Crippen LogP contribution in [0.2, 0.25) is 5.02 Å². The van der Waals surface area contributed by atoms with Gasteiger partial charge in [-0.3, -0.25) is 4.79 Å². The third-order valence-electron chi connectivity index (χ3n) is 3.04. The molecule has 0 fully saturated rings. The van der Waals surface area contributed by atoms with Gasteiger partial charge in [0.2, 0.25) is 5.91 Å². The molecule has 4 nitrogen and oxygen atoms in total. The molecule has 0 aliphatic carbocycles. The fourth-order valence-corrected chi connectivity index (χ4v) is 2.61. The zero-order valence-corrected chi connectivity index (χ0v) is 14.3. The molecule has 1 aromatic rings. The number of nitrogens with zero attached hydrogens (tertiary/aromatic N) is 1. The smallest absolute Gasteiger partial charge is 0.225 e. The molecule has 1 unspecified atom stereocenters. The Bertz CT molecular complexity index is 495. The SMILES string of the molecule is CN(C)c1ccc(NC(=O)CC(N)CC(C)(C)C)cc1Cl. The number of hydrogen-bond acceptors (Lipinski definition) is 3. The second-order valence-corrected chi connectivity index (χ2v) is 7.24. The fourth-order valence-electron chi connectivity index (χ4n) is 2.26. The molecule has 0 spiro atoms. The Morgan fingerprint density at radius 1 is 1.38 bits per heavy atom. The second-order valence-electron chi connectivity index (χ2n) is 6.84. The Kier molecular flexibility index (Phi) is 6.05. The zero-order valence-electron chi connectivity index (χ0n) is 13.5. The van der Waals surface area contributed by atoms with Crippen LogP contribution in [0.5, 0.6) is 0 Å². The van der Waals surface area contributed by atoms with E-state index in [2.05, 4.69) is 26.1 Å². The van der Waals surface area contributed by atoms with Gasteiger partial charge in [0.1, 0.15) is 0 Å². The summed E-state index contributed by atoms with van der Waals surface area (Å²) in [6, 6.07) is 5.34. The molecule has 5 heteroatoms. The van der Waals surface area contributed by atoms with Gasteiger partial charge in [0.15, 0.2) is 0 Å². The molecule has 0 heterocycles. The highest BCUT2D eigenvalue weighted by molar-refractivity contribution is 6.33. The summed E-state index contributed by atoms with van der Waals surface area (Å²) in [4.78, 5) is 13.9. The van der Waals surface area contributed by atoms with E-state index in [4.69, 9.17) is 17.3 Å². The highest BCUT2D eigenvalue weighted by Gasteiger charge is 2.18. The second kappa shape index (κ2) is 7.14. The van der Waals surface area contributed by atoms with Gasteiger partial charge in [-0.05, 0) is 30.0 Å². The summed E-state index contributed by atoms with van der Waals surface area (Å²) in [5, 5.41) is 3.45. The van der Waals surface area contributed by atoms with Gasteiger partial charge in [-0.2, -0.15) is 0 Å². The molecule has 0 aliphatic heterocycles. The van der Waals surface area contributed by atoms with Crippen LogP contribution in [-0.2, 0) is 4.79 Å². The topological polar surface area (TPSA) is 58.4 Å². The predicted molar refractivity (Wildman–Crippen MR) is 91.1 cm³/mol. The van der Waals surface area contributed by atoms with Crippen LogP contribution in [-0.4, -0.2) is 26.0 Å². The summed E-state index contributed by atoms with van der Waals surface area (Å²) in [5.74, 6) is -0.0829. The first-order valence-electron chi connectivity index (χ1n) is 7.11. The Labute approximate surface area is 132 Å². The van der Waals surface area contributed by atoms with Crippen LogP contribution in [0.4, 0.5) is 11.4 Å². The van der Waals surface area contributed by atoms with E-state index in [1.807, 2.05) is 31.1 Å². The maximum atomic E-state index is 12.0. The number of amides is 1. The molecule has 1 rings (SSSR count). The minimum Gasteiger partial charge on any atom is -0.376 e. The Morgan fingerprint density at radius 3 is 2.48 bits per heavy atom. The maximum absolute atomic E-state index is 12.0. The molecule has 0 bridgehead atoms. The van der Waals surface area contributed by atoms with Crippen LogP contribution in [0.1, 0.15) is 33.6 Å². The number of anilines is 2. The summed E-state index contributed by atoms with van der Waals surface area (Å²) in [6.45, 7) is 6.35. The standard InChI is InChI=1S/C16H26ClN3O/c1-16(2,3)10-11(18)8-15(21)19-12-6-7-14(20(4)5)13(17)9-12/h6-7,9,11H,8,10,18H2,1-5H3,(H,19,21). The first-order chi connectivity index (χ1) is 9.58. The van der Waals surface area contributed by atoms with Crippen LogP contribution >= 0.6 is 11.6 Å². The van der Waals surface area contributed by atoms with Crippen molar-refractivity contribution < 1.29 is 4.79 Å².